The molecule has 1 aromatic heterocycles. The molecule has 0 spiro atoms. The molecule has 0 aliphatic carbocycles. The van der Waals surface area contributed by atoms with Gasteiger partial charge in [-0.3, -0.25) is 4.79 Å². The first-order valence-electron chi connectivity index (χ1n) is 9.64. The van der Waals surface area contributed by atoms with Gasteiger partial charge in [-0.25, -0.2) is 0 Å². The molecule has 0 radical (unpaired) electrons. The number of hydrogen-bond acceptors (Lipinski definition) is 5. The summed E-state index contributed by atoms with van der Waals surface area (Å²) in [5.41, 5.74) is 2.11. The minimum atomic E-state index is 0.165. The van der Waals surface area contributed by atoms with Crippen molar-refractivity contribution in [1.82, 2.24) is 20.8 Å². The number of hydrogen-bond donors (Lipinski definition) is 2. The van der Waals surface area contributed by atoms with Gasteiger partial charge >= 0.3 is 0 Å². The highest BCUT2D eigenvalue weighted by Crippen LogP contribution is 2.19. The van der Waals surface area contributed by atoms with Crippen molar-refractivity contribution in [1.29, 1.82) is 0 Å². The van der Waals surface area contributed by atoms with Gasteiger partial charge in [-0.15, -0.1) is 0 Å². The Morgan fingerprint density at radius 1 is 1.27 bits per heavy atom. The molecule has 0 atom stereocenters. The molecule has 0 saturated carbocycles. The monoisotopic (exact) mass is 356 g/mol. The molecule has 1 aromatic carbocycles. The van der Waals surface area contributed by atoms with Gasteiger partial charge in [-0.05, 0) is 62.4 Å². The molecule has 1 fully saturated rings. The summed E-state index contributed by atoms with van der Waals surface area (Å²) in [5.74, 6) is 2.14. The first-order valence-corrected chi connectivity index (χ1v) is 9.64. The van der Waals surface area contributed by atoms with Crippen molar-refractivity contribution in [3.8, 4) is 11.5 Å². The van der Waals surface area contributed by atoms with E-state index in [4.69, 9.17) is 4.52 Å². The van der Waals surface area contributed by atoms with Crippen molar-refractivity contribution in [2.45, 2.75) is 45.4 Å². The van der Waals surface area contributed by atoms with Gasteiger partial charge in [0, 0.05) is 24.9 Å². The molecule has 2 heterocycles. The second-order valence-electron chi connectivity index (χ2n) is 6.90. The third-order valence-electron chi connectivity index (χ3n) is 4.96. The summed E-state index contributed by atoms with van der Waals surface area (Å²) in [6.45, 7) is 4.85. The Morgan fingerprint density at radius 2 is 2.04 bits per heavy atom. The predicted octanol–water partition coefficient (Wildman–Crippen LogP) is 2.74. The van der Waals surface area contributed by atoms with E-state index >= 15 is 0 Å². The minimum Gasteiger partial charge on any atom is -0.356 e. The average Bonchev–Trinajstić information content (AvgIpc) is 3.17. The van der Waals surface area contributed by atoms with Gasteiger partial charge in [0.15, 0.2) is 5.82 Å². The summed E-state index contributed by atoms with van der Waals surface area (Å²) in [6.07, 6.45) is 5.62. The van der Waals surface area contributed by atoms with Crippen molar-refractivity contribution in [2.24, 2.45) is 5.92 Å². The van der Waals surface area contributed by atoms with Crippen LogP contribution in [0.2, 0.25) is 0 Å². The molecule has 6 nitrogen and oxygen atoms in total. The molecule has 0 unspecified atom stereocenters. The number of carbonyl (C=O) groups is 1. The van der Waals surface area contributed by atoms with Gasteiger partial charge in [0.25, 0.3) is 5.89 Å². The van der Waals surface area contributed by atoms with Crippen LogP contribution in [0.15, 0.2) is 28.8 Å². The van der Waals surface area contributed by atoms with E-state index in [1.54, 1.807) is 0 Å². The molecular formula is C20H28N4O2. The van der Waals surface area contributed by atoms with E-state index in [0.29, 0.717) is 24.8 Å². The maximum absolute atomic E-state index is 12.0. The minimum absolute atomic E-state index is 0.165. The molecule has 1 aliphatic heterocycles. The van der Waals surface area contributed by atoms with Crippen LogP contribution in [0.3, 0.4) is 0 Å². The Balaban J connectivity index is 1.38. The first kappa shape index (κ1) is 18.6. The Hall–Kier alpha value is -2.21. The SMILES string of the molecule is CCc1noc(-c2ccc(CCNC(=O)CCC3CCNCC3)cc2)n1. The van der Waals surface area contributed by atoms with Crippen LogP contribution < -0.4 is 10.6 Å². The highest BCUT2D eigenvalue weighted by molar-refractivity contribution is 5.75. The van der Waals surface area contributed by atoms with Gasteiger partial charge in [-0.1, -0.05) is 24.2 Å². The fraction of sp³-hybridized carbons (Fsp3) is 0.550. The van der Waals surface area contributed by atoms with E-state index in [2.05, 4.69) is 20.8 Å². The summed E-state index contributed by atoms with van der Waals surface area (Å²) in [6, 6.07) is 8.07. The van der Waals surface area contributed by atoms with Gasteiger partial charge < -0.3 is 15.2 Å². The molecule has 1 aliphatic rings. The van der Waals surface area contributed by atoms with Crippen LogP contribution in [0, 0.1) is 5.92 Å². The Morgan fingerprint density at radius 3 is 2.73 bits per heavy atom. The Bertz CT molecular complexity index is 690. The number of nitrogens with zero attached hydrogens (tertiary/aromatic N) is 2. The van der Waals surface area contributed by atoms with Crippen LogP contribution in [0.5, 0.6) is 0 Å². The van der Waals surface area contributed by atoms with Crippen LogP contribution in [-0.4, -0.2) is 35.7 Å². The molecular weight excluding hydrogens is 328 g/mol. The topological polar surface area (TPSA) is 80.0 Å². The van der Waals surface area contributed by atoms with Crippen molar-refractivity contribution >= 4 is 5.91 Å². The molecule has 2 N–H and O–H groups in total. The Labute approximate surface area is 154 Å². The lowest BCUT2D eigenvalue weighted by atomic mass is 9.93. The third kappa shape index (κ3) is 5.39. The van der Waals surface area contributed by atoms with Crippen LogP contribution in [0.1, 0.15) is 44.0 Å². The highest BCUT2D eigenvalue weighted by Gasteiger charge is 2.14. The fourth-order valence-corrected chi connectivity index (χ4v) is 3.27. The van der Waals surface area contributed by atoms with Gasteiger partial charge in [-0.2, -0.15) is 4.98 Å². The average molecular weight is 356 g/mol. The normalized spacial score (nSPS) is 15.1. The second-order valence-corrected chi connectivity index (χ2v) is 6.90. The Kier molecular flexibility index (Phi) is 6.77. The lowest BCUT2D eigenvalue weighted by molar-refractivity contribution is -0.121. The first-order chi connectivity index (χ1) is 12.7. The lowest BCUT2D eigenvalue weighted by Gasteiger charge is -2.22. The highest BCUT2D eigenvalue weighted by atomic mass is 16.5. The van der Waals surface area contributed by atoms with Crippen molar-refractivity contribution < 1.29 is 9.32 Å². The van der Waals surface area contributed by atoms with Crippen molar-refractivity contribution in [3.05, 3.63) is 35.7 Å². The maximum atomic E-state index is 12.0. The van der Waals surface area contributed by atoms with Crippen LogP contribution >= 0.6 is 0 Å². The van der Waals surface area contributed by atoms with E-state index in [0.717, 1.165) is 43.7 Å². The lowest BCUT2D eigenvalue weighted by Crippen LogP contribution is -2.30. The number of aryl methyl sites for hydroxylation is 1. The molecule has 6 heteroatoms. The summed E-state index contributed by atoms with van der Waals surface area (Å²) < 4.78 is 5.25. The zero-order valence-corrected chi connectivity index (χ0v) is 15.5. The molecule has 1 saturated heterocycles. The predicted molar refractivity (Wildman–Crippen MR) is 101 cm³/mol. The largest absolute Gasteiger partial charge is 0.356 e. The number of nitrogens with one attached hydrogen (secondary N) is 2. The van der Waals surface area contributed by atoms with Crippen LogP contribution in [-0.2, 0) is 17.6 Å². The summed E-state index contributed by atoms with van der Waals surface area (Å²) in [5, 5.41) is 10.3. The number of carbonyl (C=O) groups excluding carboxylic acids is 1. The summed E-state index contributed by atoms with van der Waals surface area (Å²) in [7, 11) is 0. The van der Waals surface area contributed by atoms with E-state index < -0.39 is 0 Å². The van der Waals surface area contributed by atoms with E-state index in [9.17, 15) is 4.79 Å². The zero-order valence-electron chi connectivity index (χ0n) is 15.5. The van der Waals surface area contributed by atoms with E-state index in [-0.39, 0.29) is 5.91 Å². The third-order valence-corrected chi connectivity index (χ3v) is 4.96. The van der Waals surface area contributed by atoms with Crippen molar-refractivity contribution in [3.63, 3.8) is 0 Å². The van der Waals surface area contributed by atoms with Crippen molar-refractivity contribution in [2.75, 3.05) is 19.6 Å². The zero-order chi connectivity index (χ0) is 18.2. The molecule has 26 heavy (non-hydrogen) atoms. The van der Waals surface area contributed by atoms with Crippen LogP contribution in [0.25, 0.3) is 11.5 Å². The number of piperidine rings is 1. The quantitative estimate of drug-likeness (QED) is 0.760. The van der Waals surface area contributed by atoms with E-state index in [1.165, 1.54) is 18.4 Å². The summed E-state index contributed by atoms with van der Waals surface area (Å²) in [4.78, 5) is 16.3. The van der Waals surface area contributed by atoms with Crippen LogP contribution in [0.4, 0.5) is 0 Å². The maximum Gasteiger partial charge on any atom is 0.257 e. The number of rotatable bonds is 8. The smallest absolute Gasteiger partial charge is 0.257 e. The molecule has 140 valence electrons. The standard InChI is InChI=1S/C20H28N4O2/c1-2-18-23-20(26-24-18)17-6-3-15(4-7-17)11-14-22-19(25)8-5-16-9-12-21-13-10-16/h3-4,6-7,16,21H,2,5,8-14H2,1H3,(H,22,25). The van der Waals surface area contributed by atoms with Gasteiger partial charge in [0.05, 0.1) is 0 Å². The van der Waals surface area contributed by atoms with Gasteiger partial charge in [0.2, 0.25) is 5.91 Å². The molecule has 3 rings (SSSR count). The van der Waals surface area contributed by atoms with Gasteiger partial charge in [0.1, 0.15) is 0 Å². The number of aromatic nitrogens is 2. The second kappa shape index (κ2) is 9.48. The molecule has 0 bridgehead atoms. The summed E-state index contributed by atoms with van der Waals surface area (Å²) >= 11 is 0. The molecule has 2 aromatic rings. The number of benzene rings is 1. The number of amides is 1. The van der Waals surface area contributed by atoms with E-state index in [1.807, 2.05) is 31.2 Å². The molecule has 1 amide bonds. The fourth-order valence-electron chi connectivity index (χ4n) is 3.27.